The predicted octanol–water partition coefficient (Wildman–Crippen LogP) is 5.69. The minimum atomic E-state index is 0.177. The fourth-order valence-corrected chi connectivity index (χ4v) is 1.15. The van der Waals surface area contributed by atoms with E-state index >= 15 is 0 Å². The molecule has 2 nitrogen and oxygen atoms in total. The summed E-state index contributed by atoms with van der Waals surface area (Å²) in [6.45, 7) is 16.2. The maximum Gasteiger partial charge on any atom is 0.161 e. The molecular weight excluding hydrogens is 248 g/mol. The number of aromatic hydroxyl groups is 1. The smallest absolute Gasteiger partial charge is 0.161 e. The number of hydrogen-bond acceptors (Lipinski definition) is 2. The summed E-state index contributed by atoms with van der Waals surface area (Å²) in [7, 11) is 0. The number of phenolic OH excluding ortho intramolecular Hbond substituents is 1. The molecule has 0 aromatic heterocycles. The molecule has 114 valence electrons. The third-order valence-corrected chi connectivity index (χ3v) is 2.34. The van der Waals surface area contributed by atoms with E-state index in [0.717, 1.165) is 5.56 Å². The number of ether oxygens (including phenoxy) is 1. The maximum absolute atomic E-state index is 9.48. The number of benzene rings is 1. The van der Waals surface area contributed by atoms with Gasteiger partial charge in [-0.25, -0.2) is 0 Å². The van der Waals surface area contributed by atoms with E-state index < -0.39 is 0 Å². The molecule has 0 amide bonds. The van der Waals surface area contributed by atoms with E-state index in [1.54, 1.807) is 12.1 Å². The van der Waals surface area contributed by atoms with Gasteiger partial charge in [-0.2, -0.15) is 0 Å². The van der Waals surface area contributed by atoms with Crippen molar-refractivity contribution >= 4 is 0 Å². The molecule has 2 heteroatoms. The topological polar surface area (TPSA) is 29.5 Å². The zero-order valence-electron chi connectivity index (χ0n) is 13.8. The van der Waals surface area contributed by atoms with Crippen molar-refractivity contribution in [2.75, 3.05) is 6.61 Å². The Kier molecular flexibility index (Phi) is 14.1. The van der Waals surface area contributed by atoms with E-state index in [0.29, 0.717) is 18.3 Å². The number of phenols is 1. The maximum atomic E-state index is 9.48. The Balaban J connectivity index is 0. The van der Waals surface area contributed by atoms with Crippen LogP contribution in [0.4, 0.5) is 0 Å². The number of allylic oxidation sites excluding steroid dienone is 2. The zero-order chi connectivity index (χ0) is 16.0. The van der Waals surface area contributed by atoms with Gasteiger partial charge in [0, 0.05) is 0 Å². The summed E-state index contributed by atoms with van der Waals surface area (Å²) in [6.07, 6.45) is 5.65. The molecule has 0 bridgehead atoms. The second-order valence-electron chi connectivity index (χ2n) is 4.15. The van der Waals surface area contributed by atoms with E-state index in [9.17, 15) is 5.11 Å². The summed E-state index contributed by atoms with van der Waals surface area (Å²) >= 11 is 0. The fourth-order valence-electron chi connectivity index (χ4n) is 1.15. The van der Waals surface area contributed by atoms with E-state index in [4.69, 9.17) is 4.74 Å². The largest absolute Gasteiger partial charge is 0.504 e. The summed E-state index contributed by atoms with van der Waals surface area (Å²) in [5, 5.41) is 9.48. The third kappa shape index (κ3) is 9.26. The molecule has 1 aromatic rings. The average Bonchev–Trinajstić information content (AvgIpc) is 2.48. The summed E-state index contributed by atoms with van der Waals surface area (Å²) in [5.74, 6) is 1.13. The van der Waals surface area contributed by atoms with Crippen LogP contribution >= 0.6 is 0 Å². The van der Waals surface area contributed by atoms with Crippen LogP contribution < -0.4 is 4.74 Å². The molecule has 0 fully saturated rings. The van der Waals surface area contributed by atoms with Crippen molar-refractivity contribution in [3.05, 3.63) is 48.6 Å². The minimum absolute atomic E-state index is 0.177. The van der Waals surface area contributed by atoms with Gasteiger partial charge in [0.05, 0.1) is 0 Å². The molecule has 0 aliphatic heterocycles. The fraction of sp³-hybridized carbons (Fsp3) is 0.444. The van der Waals surface area contributed by atoms with Gasteiger partial charge in [-0.05, 0) is 37.5 Å². The van der Waals surface area contributed by atoms with Crippen LogP contribution in [0.5, 0.6) is 11.5 Å². The molecule has 1 N–H and O–H groups in total. The Labute approximate surface area is 124 Å². The first kappa shape index (κ1) is 20.6. The lowest BCUT2D eigenvalue weighted by molar-refractivity contribution is 0.336. The monoisotopic (exact) mass is 278 g/mol. The second kappa shape index (κ2) is 13.7. The quantitative estimate of drug-likeness (QED) is 0.717. The van der Waals surface area contributed by atoms with E-state index in [-0.39, 0.29) is 5.75 Å². The Hall–Kier alpha value is -1.70. The zero-order valence-corrected chi connectivity index (χ0v) is 13.8. The number of hydrogen-bond donors (Lipinski definition) is 1. The second-order valence-corrected chi connectivity index (χ2v) is 4.15. The van der Waals surface area contributed by atoms with Crippen LogP contribution in [-0.4, -0.2) is 11.7 Å². The first-order valence-corrected chi connectivity index (χ1v) is 7.20. The highest BCUT2D eigenvalue weighted by Crippen LogP contribution is 2.29. The summed E-state index contributed by atoms with van der Waals surface area (Å²) in [4.78, 5) is 0. The highest BCUT2D eigenvalue weighted by atomic mass is 16.5. The SMILES string of the molecule is C/C=C\C.C=CCOc1cc(C(C)C)ccc1O.CC. The highest BCUT2D eigenvalue weighted by molar-refractivity contribution is 5.42. The van der Waals surface area contributed by atoms with Crippen LogP contribution in [0.25, 0.3) is 0 Å². The van der Waals surface area contributed by atoms with Crippen LogP contribution in [-0.2, 0) is 0 Å². The highest BCUT2D eigenvalue weighted by Gasteiger charge is 2.05. The standard InChI is InChI=1S/C12H16O2.C4H8.C2H6/c1-4-7-14-12-8-10(9(2)3)5-6-11(12)13;1-3-4-2;1-2/h4-6,8-9,13H,1,7H2,2-3H3;3-4H,1-2H3;1-2H3/b;4-3-;. The van der Waals surface area contributed by atoms with E-state index in [2.05, 4.69) is 20.4 Å². The Morgan fingerprint density at radius 2 is 1.75 bits per heavy atom. The molecule has 0 aliphatic carbocycles. The average molecular weight is 278 g/mol. The predicted molar refractivity (Wildman–Crippen MR) is 89.7 cm³/mol. The van der Waals surface area contributed by atoms with Crippen LogP contribution in [0, 0.1) is 0 Å². The summed E-state index contributed by atoms with van der Waals surface area (Å²) in [5.41, 5.74) is 1.15. The third-order valence-electron chi connectivity index (χ3n) is 2.34. The lowest BCUT2D eigenvalue weighted by Gasteiger charge is -2.10. The van der Waals surface area contributed by atoms with Gasteiger partial charge in [-0.1, -0.05) is 58.6 Å². The van der Waals surface area contributed by atoms with E-state index in [1.807, 2.05) is 52.0 Å². The van der Waals surface area contributed by atoms with Gasteiger partial charge in [0.1, 0.15) is 6.61 Å². The minimum Gasteiger partial charge on any atom is -0.504 e. The Morgan fingerprint density at radius 3 is 2.15 bits per heavy atom. The van der Waals surface area contributed by atoms with Gasteiger partial charge >= 0.3 is 0 Å². The molecule has 0 saturated carbocycles. The molecular formula is C18H30O2. The van der Waals surface area contributed by atoms with Gasteiger partial charge in [-0.15, -0.1) is 0 Å². The first-order valence-electron chi connectivity index (χ1n) is 7.20. The van der Waals surface area contributed by atoms with Crippen molar-refractivity contribution in [2.24, 2.45) is 0 Å². The van der Waals surface area contributed by atoms with Crippen LogP contribution in [0.2, 0.25) is 0 Å². The Bertz CT molecular complexity index is 375. The summed E-state index contributed by atoms with van der Waals surface area (Å²) in [6, 6.07) is 5.43. The van der Waals surface area contributed by atoms with Crippen LogP contribution in [0.1, 0.15) is 53.0 Å². The molecule has 0 aliphatic rings. The van der Waals surface area contributed by atoms with Crippen molar-refractivity contribution < 1.29 is 9.84 Å². The molecule has 0 heterocycles. The van der Waals surface area contributed by atoms with Gasteiger partial charge in [-0.3, -0.25) is 0 Å². The number of rotatable bonds is 4. The van der Waals surface area contributed by atoms with Gasteiger partial charge in [0.25, 0.3) is 0 Å². The van der Waals surface area contributed by atoms with Gasteiger partial charge < -0.3 is 9.84 Å². The van der Waals surface area contributed by atoms with Crippen molar-refractivity contribution in [1.29, 1.82) is 0 Å². The molecule has 0 saturated heterocycles. The lowest BCUT2D eigenvalue weighted by Crippen LogP contribution is -1.95. The van der Waals surface area contributed by atoms with Gasteiger partial charge in [0.15, 0.2) is 11.5 Å². The van der Waals surface area contributed by atoms with Crippen LogP contribution in [0.3, 0.4) is 0 Å². The van der Waals surface area contributed by atoms with Crippen LogP contribution in [0.15, 0.2) is 43.0 Å². The van der Waals surface area contributed by atoms with Gasteiger partial charge in [0.2, 0.25) is 0 Å². The lowest BCUT2D eigenvalue weighted by atomic mass is 10.0. The normalized spacial score (nSPS) is 9.35. The molecule has 0 radical (unpaired) electrons. The van der Waals surface area contributed by atoms with Crippen molar-refractivity contribution in [1.82, 2.24) is 0 Å². The molecule has 1 rings (SSSR count). The first-order chi connectivity index (χ1) is 9.56. The molecule has 20 heavy (non-hydrogen) atoms. The molecule has 0 spiro atoms. The van der Waals surface area contributed by atoms with E-state index in [1.165, 1.54) is 0 Å². The Morgan fingerprint density at radius 1 is 1.20 bits per heavy atom. The summed E-state index contributed by atoms with van der Waals surface area (Å²) < 4.78 is 5.31. The molecule has 0 unspecified atom stereocenters. The van der Waals surface area contributed by atoms with Crippen molar-refractivity contribution in [3.8, 4) is 11.5 Å². The van der Waals surface area contributed by atoms with Crippen molar-refractivity contribution in [3.63, 3.8) is 0 Å². The molecule has 0 atom stereocenters. The molecule has 1 aromatic carbocycles. The van der Waals surface area contributed by atoms with Crippen molar-refractivity contribution in [2.45, 2.75) is 47.5 Å².